The number of hydrogen-bond donors (Lipinski definition) is 1. The van der Waals surface area contributed by atoms with E-state index in [1.807, 2.05) is 0 Å². The first-order valence-electron chi connectivity index (χ1n) is 9.54. The van der Waals surface area contributed by atoms with Crippen LogP contribution in [0, 0.1) is 0 Å². The van der Waals surface area contributed by atoms with Gasteiger partial charge in [-0.2, -0.15) is 0 Å². The monoisotopic (exact) mass is 342 g/mol. The summed E-state index contributed by atoms with van der Waals surface area (Å²) < 4.78 is 0. The van der Waals surface area contributed by atoms with Gasteiger partial charge in [0.15, 0.2) is 0 Å². The first-order chi connectivity index (χ1) is 11.8. The van der Waals surface area contributed by atoms with E-state index in [2.05, 4.69) is 50.4 Å². The molecule has 4 heteroatoms. The van der Waals surface area contributed by atoms with Gasteiger partial charge in [0.25, 0.3) is 0 Å². The molecule has 1 aromatic carbocycles. The first kappa shape index (κ1) is 18.0. The maximum absolute atomic E-state index is 12.6. The van der Waals surface area contributed by atoms with Crippen LogP contribution in [0.15, 0.2) is 24.3 Å². The molecule has 25 heavy (non-hydrogen) atoms. The molecule has 1 heterocycles. The fourth-order valence-corrected chi connectivity index (χ4v) is 3.43. The summed E-state index contributed by atoms with van der Waals surface area (Å²) in [5, 5.41) is 3.04. The number of nitrogens with one attached hydrogen (secondary N) is 1. The summed E-state index contributed by atoms with van der Waals surface area (Å²) in [5.74, 6) is 0.149. The van der Waals surface area contributed by atoms with Crippen molar-refractivity contribution >= 4 is 11.8 Å². The van der Waals surface area contributed by atoms with E-state index in [0.29, 0.717) is 19.0 Å². The van der Waals surface area contributed by atoms with Crippen LogP contribution in [0.25, 0.3) is 0 Å². The van der Waals surface area contributed by atoms with Gasteiger partial charge >= 0.3 is 0 Å². The van der Waals surface area contributed by atoms with Gasteiger partial charge in [-0.15, -0.1) is 0 Å². The van der Waals surface area contributed by atoms with Crippen LogP contribution in [0.4, 0.5) is 0 Å². The molecule has 1 N–H and O–H groups in total. The third-order valence-electron chi connectivity index (χ3n) is 5.25. The van der Waals surface area contributed by atoms with E-state index in [1.165, 1.54) is 11.1 Å². The standard InChI is InChI=1S/C21H30N2O2/c1-21(2,3)16-9-6-15(7-10-16)8-13-19(24)23-14-4-5-18(23)20(25)22-17-11-12-17/h6-7,9-10,17-18H,4-5,8,11-14H2,1-3H3,(H,22,25). The molecular formula is C21H30N2O2. The Bertz CT molecular complexity index is 626. The van der Waals surface area contributed by atoms with Crippen molar-refractivity contribution in [2.45, 2.75) is 76.8 Å². The molecule has 1 unspecified atom stereocenters. The molecular weight excluding hydrogens is 312 g/mol. The van der Waals surface area contributed by atoms with Gasteiger partial charge in [0, 0.05) is 19.0 Å². The predicted octanol–water partition coefficient (Wildman–Crippen LogP) is 3.19. The Morgan fingerprint density at radius 3 is 2.40 bits per heavy atom. The summed E-state index contributed by atoms with van der Waals surface area (Å²) in [6, 6.07) is 8.65. The number of amides is 2. The molecule has 3 rings (SSSR count). The van der Waals surface area contributed by atoms with Crippen molar-refractivity contribution < 1.29 is 9.59 Å². The summed E-state index contributed by atoms with van der Waals surface area (Å²) in [6.45, 7) is 7.31. The van der Waals surface area contributed by atoms with Crippen LogP contribution in [0.1, 0.15) is 64.0 Å². The van der Waals surface area contributed by atoms with Crippen molar-refractivity contribution in [2.75, 3.05) is 6.54 Å². The maximum Gasteiger partial charge on any atom is 0.243 e. The molecule has 1 atom stereocenters. The van der Waals surface area contributed by atoms with Gasteiger partial charge in [-0.3, -0.25) is 9.59 Å². The number of rotatable bonds is 5. The summed E-state index contributed by atoms with van der Waals surface area (Å²) in [5.41, 5.74) is 2.63. The van der Waals surface area contributed by atoms with E-state index in [4.69, 9.17) is 0 Å². The molecule has 4 nitrogen and oxygen atoms in total. The zero-order chi connectivity index (χ0) is 18.0. The van der Waals surface area contributed by atoms with Gasteiger partial charge in [0.05, 0.1) is 0 Å². The zero-order valence-corrected chi connectivity index (χ0v) is 15.7. The van der Waals surface area contributed by atoms with E-state index < -0.39 is 0 Å². The first-order valence-corrected chi connectivity index (χ1v) is 9.54. The highest BCUT2D eigenvalue weighted by atomic mass is 16.2. The molecule has 0 spiro atoms. The van der Waals surface area contributed by atoms with E-state index in [1.54, 1.807) is 4.90 Å². The molecule has 136 valence electrons. The molecule has 1 aliphatic heterocycles. The Hall–Kier alpha value is -1.84. The van der Waals surface area contributed by atoms with Crippen LogP contribution in [-0.4, -0.2) is 35.3 Å². The minimum Gasteiger partial charge on any atom is -0.352 e. The van der Waals surface area contributed by atoms with Gasteiger partial charge in [0.1, 0.15) is 6.04 Å². The van der Waals surface area contributed by atoms with Crippen molar-refractivity contribution in [3.8, 4) is 0 Å². The number of benzene rings is 1. The lowest BCUT2D eigenvalue weighted by Crippen LogP contribution is -2.46. The highest BCUT2D eigenvalue weighted by molar-refractivity contribution is 5.88. The second kappa shape index (κ2) is 7.19. The molecule has 2 amide bonds. The molecule has 2 fully saturated rings. The van der Waals surface area contributed by atoms with Crippen molar-refractivity contribution in [2.24, 2.45) is 0 Å². The second-order valence-corrected chi connectivity index (χ2v) is 8.47. The largest absolute Gasteiger partial charge is 0.352 e. The highest BCUT2D eigenvalue weighted by Crippen LogP contribution is 2.24. The molecule has 1 aromatic rings. The van der Waals surface area contributed by atoms with Crippen LogP contribution < -0.4 is 5.32 Å². The number of nitrogens with zero attached hydrogens (tertiary/aromatic N) is 1. The average molecular weight is 342 g/mol. The lowest BCUT2D eigenvalue weighted by molar-refractivity contribution is -0.138. The van der Waals surface area contributed by atoms with Crippen LogP contribution >= 0.6 is 0 Å². The predicted molar refractivity (Wildman–Crippen MR) is 99.4 cm³/mol. The molecule has 2 aliphatic rings. The van der Waals surface area contributed by atoms with Crippen molar-refractivity contribution in [1.82, 2.24) is 10.2 Å². The van der Waals surface area contributed by atoms with E-state index in [-0.39, 0.29) is 23.3 Å². The molecule has 1 aliphatic carbocycles. The maximum atomic E-state index is 12.6. The molecule has 1 saturated carbocycles. The van der Waals surface area contributed by atoms with E-state index >= 15 is 0 Å². The fourth-order valence-electron chi connectivity index (χ4n) is 3.43. The Kier molecular flexibility index (Phi) is 5.16. The molecule has 0 aromatic heterocycles. The zero-order valence-electron chi connectivity index (χ0n) is 15.7. The van der Waals surface area contributed by atoms with E-state index in [9.17, 15) is 9.59 Å². The Labute approximate surface area is 151 Å². The molecule has 1 saturated heterocycles. The second-order valence-electron chi connectivity index (χ2n) is 8.47. The van der Waals surface area contributed by atoms with Gasteiger partial charge in [0.2, 0.25) is 11.8 Å². The minimum atomic E-state index is -0.253. The summed E-state index contributed by atoms with van der Waals surface area (Å²) in [4.78, 5) is 26.7. The van der Waals surface area contributed by atoms with Crippen LogP contribution in [0.2, 0.25) is 0 Å². The summed E-state index contributed by atoms with van der Waals surface area (Å²) in [6.07, 6.45) is 5.09. The highest BCUT2D eigenvalue weighted by Gasteiger charge is 2.36. The third-order valence-corrected chi connectivity index (χ3v) is 5.25. The smallest absolute Gasteiger partial charge is 0.243 e. The SMILES string of the molecule is CC(C)(C)c1ccc(CCC(=O)N2CCCC2C(=O)NC2CC2)cc1. The Morgan fingerprint density at radius 1 is 1.12 bits per heavy atom. The van der Waals surface area contributed by atoms with Crippen molar-refractivity contribution in [3.63, 3.8) is 0 Å². The van der Waals surface area contributed by atoms with Crippen LogP contribution in [0.3, 0.4) is 0 Å². The fraction of sp³-hybridized carbons (Fsp3) is 0.619. The number of aryl methyl sites for hydroxylation is 1. The van der Waals surface area contributed by atoms with Crippen molar-refractivity contribution in [1.29, 1.82) is 0 Å². The summed E-state index contributed by atoms with van der Waals surface area (Å²) in [7, 11) is 0. The van der Waals surface area contributed by atoms with Crippen LogP contribution in [0.5, 0.6) is 0 Å². The Balaban J connectivity index is 1.53. The minimum absolute atomic E-state index is 0.0443. The van der Waals surface area contributed by atoms with Gasteiger partial charge < -0.3 is 10.2 Å². The number of carbonyl (C=O) groups is 2. The molecule has 0 radical (unpaired) electrons. The third kappa shape index (κ3) is 4.62. The Morgan fingerprint density at radius 2 is 1.80 bits per heavy atom. The lowest BCUT2D eigenvalue weighted by Gasteiger charge is -2.24. The average Bonchev–Trinajstić information content (AvgIpc) is 3.24. The number of hydrogen-bond acceptors (Lipinski definition) is 2. The van der Waals surface area contributed by atoms with Gasteiger partial charge in [-0.1, -0.05) is 45.0 Å². The van der Waals surface area contributed by atoms with Crippen LogP contribution in [-0.2, 0) is 21.4 Å². The normalized spacial score (nSPS) is 20.6. The lowest BCUT2D eigenvalue weighted by atomic mass is 9.86. The van der Waals surface area contributed by atoms with Gasteiger partial charge in [-0.25, -0.2) is 0 Å². The number of carbonyl (C=O) groups excluding carboxylic acids is 2. The number of likely N-dealkylation sites (tertiary alicyclic amines) is 1. The molecule has 0 bridgehead atoms. The van der Waals surface area contributed by atoms with Gasteiger partial charge in [-0.05, 0) is 48.6 Å². The van der Waals surface area contributed by atoms with E-state index in [0.717, 1.165) is 32.1 Å². The van der Waals surface area contributed by atoms with Crippen molar-refractivity contribution in [3.05, 3.63) is 35.4 Å². The summed E-state index contributed by atoms with van der Waals surface area (Å²) >= 11 is 0. The topological polar surface area (TPSA) is 49.4 Å². The quantitative estimate of drug-likeness (QED) is 0.893.